The van der Waals surface area contributed by atoms with Gasteiger partial charge in [0, 0.05) is 47.1 Å². The van der Waals surface area contributed by atoms with E-state index in [1.165, 1.54) is 18.2 Å². The van der Waals surface area contributed by atoms with Gasteiger partial charge in [-0.05, 0) is 31.5 Å². The molecule has 33 heavy (non-hydrogen) atoms. The second-order valence-corrected chi connectivity index (χ2v) is 9.50. The first kappa shape index (κ1) is 21.9. The summed E-state index contributed by atoms with van der Waals surface area (Å²) in [4.78, 5) is 39.7. The normalized spacial score (nSPS) is 31.1. The number of hydrogen-bond acceptors (Lipinski definition) is 8. The van der Waals surface area contributed by atoms with Crippen molar-refractivity contribution >= 4 is 17.3 Å². The second kappa shape index (κ2) is 7.30. The van der Waals surface area contributed by atoms with Gasteiger partial charge < -0.3 is 25.2 Å². The zero-order chi connectivity index (χ0) is 23.8. The van der Waals surface area contributed by atoms with E-state index in [2.05, 4.69) is 0 Å². The Kier molecular flexibility index (Phi) is 4.84. The Labute approximate surface area is 189 Å². The molecule has 2 aromatic rings. The van der Waals surface area contributed by atoms with Crippen LogP contribution in [0.25, 0.3) is 0 Å². The van der Waals surface area contributed by atoms with E-state index in [-0.39, 0.29) is 52.6 Å². The van der Waals surface area contributed by atoms with Gasteiger partial charge in [0.05, 0.1) is 29.5 Å². The van der Waals surface area contributed by atoms with Crippen LogP contribution in [0.1, 0.15) is 86.1 Å². The van der Waals surface area contributed by atoms with Crippen molar-refractivity contribution in [3.05, 3.63) is 63.2 Å². The van der Waals surface area contributed by atoms with Crippen LogP contribution in [-0.2, 0) is 11.2 Å². The molecular weight excluding hydrogens is 428 g/mol. The van der Waals surface area contributed by atoms with Gasteiger partial charge in [-0.25, -0.2) is 0 Å². The highest BCUT2D eigenvalue weighted by Crippen LogP contribution is 2.43. The molecule has 0 amide bonds. The number of aromatic hydroxyl groups is 1. The SMILES string of the molecule is C[C@H]1OC(c2ccc3c(c2O)C(=O)c2ccc4c(c2C3=O)C(=O)C[C@](C)(O)C4)C[C@@H](O)[C@@H]1O. The molecule has 1 heterocycles. The van der Waals surface area contributed by atoms with Crippen molar-refractivity contribution in [1.29, 1.82) is 0 Å². The fourth-order valence-electron chi connectivity index (χ4n) is 5.27. The van der Waals surface area contributed by atoms with Gasteiger partial charge in [0.25, 0.3) is 0 Å². The number of aliphatic hydroxyl groups excluding tert-OH is 2. The summed E-state index contributed by atoms with van der Waals surface area (Å²) in [6, 6.07) is 5.91. The van der Waals surface area contributed by atoms with Crippen molar-refractivity contribution < 1.29 is 39.5 Å². The number of hydrogen-bond donors (Lipinski definition) is 4. The molecule has 2 aliphatic carbocycles. The summed E-state index contributed by atoms with van der Waals surface area (Å²) < 4.78 is 5.73. The first-order valence-electron chi connectivity index (χ1n) is 10.9. The van der Waals surface area contributed by atoms with Crippen molar-refractivity contribution in [1.82, 2.24) is 0 Å². The van der Waals surface area contributed by atoms with Gasteiger partial charge in [0.1, 0.15) is 11.9 Å². The smallest absolute Gasteiger partial charge is 0.198 e. The highest BCUT2D eigenvalue weighted by Gasteiger charge is 2.42. The number of Topliss-reactive ketones (excluding diaryl/α,β-unsaturated/α-hetero) is 1. The monoisotopic (exact) mass is 452 g/mol. The van der Waals surface area contributed by atoms with Crippen LogP contribution in [0.4, 0.5) is 0 Å². The van der Waals surface area contributed by atoms with E-state index in [1.54, 1.807) is 19.9 Å². The van der Waals surface area contributed by atoms with Gasteiger partial charge in [-0.3, -0.25) is 14.4 Å². The molecule has 1 fully saturated rings. The molecule has 0 bridgehead atoms. The van der Waals surface area contributed by atoms with Crippen molar-refractivity contribution in [3.8, 4) is 5.75 Å². The fourth-order valence-corrected chi connectivity index (χ4v) is 5.27. The number of aliphatic hydroxyl groups is 3. The zero-order valence-electron chi connectivity index (χ0n) is 18.2. The second-order valence-electron chi connectivity index (χ2n) is 9.50. The summed E-state index contributed by atoms with van der Waals surface area (Å²) in [5.41, 5.74) is -0.457. The Balaban J connectivity index is 1.61. The van der Waals surface area contributed by atoms with E-state index >= 15 is 0 Å². The Bertz CT molecular complexity index is 1220. The standard InChI is InChI=1S/C25H24O8/c1-10-21(28)15(26)7-17(33-10)12-5-6-14-20(22(12)29)24(31)13-4-3-11-8-25(2,32)9-16(27)18(11)19(13)23(14)30/h3-6,10,15,17,21,26,28-29,32H,7-9H2,1-2H3/t10-,15-,17?,21-,25-/m1/s1. The molecule has 5 atom stereocenters. The first-order chi connectivity index (χ1) is 15.5. The van der Waals surface area contributed by atoms with Crippen LogP contribution >= 0.6 is 0 Å². The largest absolute Gasteiger partial charge is 0.507 e. The number of phenols is 1. The topological polar surface area (TPSA) is 141 Å². The van der Waals surface area contributed by atoms with Crippen LogP contribution in [0.3, 0.4) is 0 Å². The number of ketones is 3. The first-order valence-corrected chi connectivity index (χ1v) is 10.9. The molecule has 1 aliphatic heterocycles. The maximum atomic E-state index is 13.4. The van der Waals surface area contributed by atoms with Crippen molar-refractivity contribution in [2.45, 2.75) is 63.1 Å². The molecule has 1 saturated heterocycles. The van der Waals surface area contributed by atoms with Crippen molar-refractivity contribution in [2.75, 3.05) is 0 Å². The maximum Gasteiger partial charge on any atom is 0.198 e. The molecule has 0 aromatic heterocycles. The van der Waals surface area contributed by atoms with E-state index in [4.69, 9.17) is 4.74 Å². The number of phenolic OH excluding ortho intramolecular Hbond substituents is 1. The van der Waals surface area contributed by atoms with Crippen molar-refractivity contribution in [2.24, 2.45) is 0 Å². The van der Waals surface area contributed by atoms with Gasteiger partial charge in [-0.2, -0.15) is 0 Å². The van der Waals surface area contributed by atoms with Crippen LogP contribution in [0.2, 0.25) is 0 Å². The maximum absolute atomic E-state index is 13.4. The summed E-state index contributed by atoms with van der Waals surface area (Å²) in [6.45, 7) is 3.15. The lowest BCUT2D eigenvalue weighted by Gasteiger charge is -2.36. The lowest BCUT2D eigenvalue weighted by molar-refractivity contribution is -0.163. The quantitative estimate of drug-likeness (QED) is 0.436. The molecule has 172 valence electrons. The number of ether oxygens (including phenoxy) is 1. The molecule has 0 radical (unpaired) electrons. The van der Waals surface area contributed by atoms with E-state index in [1.807, 2.05) is 0 Å². The molecule has 0 spiro atoms. The predicted molar refractivity (Wildman–Crippen MR) is 115 cm³/mol. The van der Waals surface area contributed by atoms with E-state index in [0.717, 1.165) is 0 Å². The average Bonchev–Trinajstić information content (AvgIpc) is 2.73. The average molecular weight is 452 g/mol. The minimum Gasteiger partial charge on any atom is -0.507 e. The summed E-state index contributed by atoms with van der Waals surface area (Å²) in [7, 11) is 0. The highest BCUT2D eigenvalue weighted by atomic mass is 16.5. The molecule has 2 aromatic carbocycles. The van der Waals surface area contributed by atoms with Gasteiger partial charge >= 0.3 is 0 Å². The number of fused-ring (bicyclic) bond motifs is 4. The van der Waals surface area contributed by atoms with Crippen LogP contribution in [0.5, 0.6) is 5.75 Å². The summed E-state index contributed by atoms with van der Waals surface area (Å²) in [6.07, 6.45) is -3.56. The fraction of sp³-hybridized carbons (Fsp3) is 0.400. The summed E-state index contributed by atoms with van der Waals surface area (Å²) >= 11 is 0. The summed E-state index contributed by atoms with van der Waals surface area (Å²) in [5.74, 6) is -1.94. The lowest BCUT2D eigenvalue weighted by Crippen LogP contribution is -2.44. The molecule has 8 heteroatoms. The third kappa shape index (κ3) is 3.25. The Hall–Kier alpha value is -2.91. The molecule has 1 unspecified atom stereocenters. The summed E-state index contributed by atoms with van der Waals surface area (Å²) in [5, 5.41) is 41.4. The van der Waals surface area contributed by atoms with Gasteiger partial charge in [0.2, 0.25) is 0 Å². The molecule has 4 N–H and O–H groups in total. The molecule has 5 rings (SSSR count). The zero-order valence-corrected chi connectivity index (χ0v) is 18.2. The molecule has 8 nitrogen and oxygen atoms in total. The van der Waals surface area contributed by atoms with Crippen LogP contribution < -0.4 is 0 Å². The predicted octanol–water partition coefficient (Wildman–Crippen LogP) is 1.62. The minimum atomic E-state index is -1.22. The van der Waals surface area contributed by atoms with Crippen LogP contribution in [-0.4, -0.2) is 61.7 Å². The van der Waals surface area contributed by atoms with E-state index in [0.29, 0.717) is 5.56 Å². The van der Waals surface area contributed by atoms with Crippen molar-refractivity contribution in [3.63, 3.8) is 0 Å². The van der Waals surface area contributed by atoms with Gasteiger partial charge in [-0.15, -0.1) is 0 Å². The lowest BCUT2D eigenvalue weighted by atomic mass is 9.73. The molecular formula is C25H24O8. The molecule has 0 saturated carbocycles. The van der Waals surface area contributed by atoms with Crippen LogP contribution in [0.15, 0.2) is 24.3 Å². The van der Waals surface area contributed by atoms with Gasteiger partial charge in [0.15, 0.2) is 17.3 Å². The Morgan fingerprint density at radius 1 is 0.939 bits per heavy atom. The number of rotatable bonds is 1. The third-order valence-electron chi connectivity index (χ3n) is 6.89. The van der Waals surface area contributed by atoms with Gasteiger partial charge in [-0.1, -0.05) is 12.1 Å². The number of benzene rings is 2. The minimum absolute atomic E-state index is 0.0124. The highest BCUT2D eigenvalue weighted by molar-refractivity contribution is 6.32. The number of carbonyl (C=O) groups is 3. The third-order valence-corrected chi connectivity index (χ3v) is 6.89. The van der Waals surface area contributed by atoms with E-state index in [9.17, 15) is 34.8 Å². The Morgan fingerprint density at radius 3 is 2.27 bits per heavy atom. The Morgan fingerprint density at radius 2 is 1.58 bits per heavy atom. The molecule has 3 aliphatic rings. The number of carbonyl (C=O) groups excluding carboxylic acids is 3. The van der Waals surface area contributed by atoms with E-state index < -0.39 is 53.1 Å². The van der Waals surface area contributed by atoms with Crippen LogP contribution in [0, 0.1) is 0 Å².